The maximum atomic E-state index is 12.3. The summed E-state index contributed by atoms with van der Waals surface area (Å²) in [6, 6.07) is 9.20. The Hall–Kier alpha value is -1.46. The summed E-state index contributed by atoms with van der Waals surface area (Å²) in [7, 11) is 0. The van der Waals surface area contributed by atoms with Gasteiger partial charge in [0.1, 0.15) is 0 Å². The van der Waals surface area contributed by atoms with Crippen LogP contribution in [-0.4, -0.2) is 41.0 Å². The summed E-state index contributed by atoms with van der Waals surface area (Å²) in [5, 5.41) is 4.44. The Bertz CT molecular complexity index is 680. The maximum Gasteiger partial charge on any atom is 0.220 e. The zero-order valence-electron chi connectivity index (χ0n) is 14.0. The van der Waals surface area contributed by atoms with Crippen molar-refractivity contribution in [3.63, 3.8) is 0 Å². The molecule has 1 aromatic heterocycles. The summed E-state index contributed by atoms with van der Waals surface area (Å²) in [5.41, 5.74) is 1.07. The van der Waals surface area contributed by atoms with E-state index in [9.17, 15) is 4.79 Å². The number of para-hydroxylation sites is 1. The molecule has 4 nitrogen and oxygen atoms in total. The van der Waals surface area contributed by atoms with Gasteiger partial charge in [0.15, 0.2) is 0 Å². The summed E-state index contributed by atoms with van der Waals surface area (Å²) in [6.45, 7) is 2.37. The van der Waals surface area contributed by atoms with Crippen molar-refractivity contribution in [1.29, 1.82) is 0 Å². The molecule has 0 unspecified atom stereocenters. The average Bonchev–Trinajstić information content (AvgIpc) is 3.19. The highest BCUT2D eigenvalue weighted by atomic mass is 32.1. The average molecular weight is 343 g/mol. The van der Waals surface area contributed by atoms with Crippen LogP contribution in [0.5, 0.6) is 0 Å². The van der Waals surface area contributed by atoms with Crippen molar-refractivity contribution in [1.82, 2.24) is 15.2 Å². The normalized spacial score (nSPS) is 24.2. The Balaban J connectivity index is 1.24. The third kappa shape index (κ3) is 3.47. The van der Waals surface area contributed by atoms with Gasteiger partial charge in [0, 0.05) is 25.0 Å². The van der Waals surface area contributed by atoms with Gasteiger partial charge in [0.25, 0.3) is 0 Å². The standard InChI is InChI=1S/C19H25N3OS/c23-18(20-14-11-13-22-12-4-3-7-16(14)22)9-5-10-19-21-15-6-1-2-8-17(15)24-19/h1-2,6,8,14,16H,3-5,7,9-13H2,(H,20,23)/t14-,16+/m1/s1. The van der Waals surface area contributed by atoms with Gasteiger partial charge in [-0.05, 0) is 50.8 Å². The van der Waals surface area contributed by atoms with Gasteiger partial charge in [0.2, 0.25) is 5.91 Å². The first-order valence-corrected chi connectivity index (χ1v) is 9.99. The minimum absolute atomic E-state index is 0.216. The molecule has 1 aromatic carbocycles. The number of rotatable bonds is 5. The topological polar surface area (TPSA) is 45.2 Å². The maximum absolute atomic E-state index is 12.3. The third-order valence-corrected chi connectivity index (χ3v) is 6.43. The van der Waals surface area contributed by atoms with Gasteiger partial charge in [-0.1, -0.05) is 18.6 Å². The molecule has 3 heterocycles. The lowest BCUT2D eigenvalue weighted by Gasteiger charge is -2.32. The number of thiazole rings is 1. The number of nitrogens with zero attached hydrogens (tertiary/aromatic N) is 2. The van der Waals surface area contributed by atoms with Crippen molar-refractivity contribution in [2.24, 2.45) is 0 Å². The number of nitrogens with one attached hydrogen (secondary N) is 1. The molecule has 4 rings (SSSR count). The smallest absolute Gasteiger partial charge is 0.220 e. The fraction of sp³-hybridized carbons (Fsp3) is 0.579. The molecule has 128 valence electrons. The first kappa shape index (κ1) is 16.0. The van der Waals surface area contributed by atoms with E-state index in [0.29, 0.717) is 18.5 Å². The second-order valence-electron chi connectivity index (χ2n) is 6.99. The van der Waals surface area contributed by atoms with E-state index in [-0.39, 0.29) is 5.91 Å². The van der Waals surface area contributed by atoms with Crippen LogP contribution < -0.4 is 5.32 Å². The highest BCUT2D eigenvalue weighted by Gasteiger charge is 2.35. The molecule has 2 aromatic rings. The molecule has 2 fully saturated rings. The molecular weight excluding hydrogens is 318 g/mol. The lowest BCUT2D eigenvalue weighted by molar-refractivity contribution is -0.122. The number of hydrogen-bond acceptors (Lipinski definition) is 4. The van der Waals surface area contributed by atoms with Crippen LogP contribution in [0.3, 0.4) is 0 Å². The molecule has 0 spiro atoms. The molecule has 0 bridgehead atoms. The Morgan fingerprint density at radius 3 is 3.08 bits per heavy atom. The van der Waals surface area contributed by atoms with Crippen LogP contribution in [0.15, 0.2) is 24.3 Å². The first-order chi connectivity index (χ1) is 11.8. The molecule has 24 heavy (non-hydrogen) atoms. The predicted octanol–water partition coefficient (Wildman–Crippen LogP) is 3.36. The summed E-state index contributed by atoms with van der Waals surface area (Å²) in [5.74, 6) is 0.216. The van der Waals surface area contributed by atoms with Crippen molar-refractivity contribution in [2.45, 2.75) is 57.0 Å². The number of amides is 1. The largest absolute Gasteiger partial charge is 0.352 e. The number of hydrogen-bond donors (Lipinski definition) is 1. The molecule has 0 aliphatic carbocycles. The van der Waals surface area contributed by atoms with Gasteiger partial charge in [-0.2, -0.15) is 0 Å². The molecule has 2 aliphatic rings. The molecule has 2 saturated heterocycles. The Morgan fingerprint density at radius 1 is 1.25 bits per heavy atom. The fourth-order valence-corrected chi connectivity index (χ4v) is 5.13. The highest BCUT2D eigenvalue weighted by Crippen LogP contribution is 2.27. The lowest BCUT2D eigenvalue weighted by Crippen LogP contribution is -2.46. The van der Waals surface area contributed by atoms with Crippen molar-refractivity contribution in [2.75, 3.05) is 13.1 Å². The van der Waals surface area contributed by atoms with Crippen molar-refractivity contribution < 1.29 is 4.79 Å². The Kier molecular flexibility index (Phi) is 4.81. The minimum atomic E-state index is 0.216. The summed E-state index contributed by atoms with van der Waals surface area (Å²) < 4.78 is 1.24. The number of fused-ring (bicyclic) bond motifs is 2. The van der Waals surface area contributed by atoms with Gasteiger partial charge in [-0.15, -0.1) is 11.3 Å². The predicted molar refractivity (Wildman–Crippen MR) is 98.3 cm³/mol. The molecule has 1 amide bonds. The van der Waals surface area contributed by atoms with E-state index >= 15 is 0 Å². The Labute approximate surface area is 147 Å². The number of carbonyl (C=O) groups is 1. The number of aryl methyl sites for hydroxylation is 1. The second-order valence-corrected chi connectivity index (χ2v) is 8.11. The lowest BCUT2D eigenvalue weighted by atomic mass is 9.99. The molecule has 0 radical (unpaired) electrons. The van der Waals surface area contributed by atoms with Gasteiger partial charge < -0.3 is 5.32 Å². The SMILES string of the molecule is O=C(CCCc1nc2ccccc2s1)N[C@@H]1CCN2CCCC[C@@H]12. The first-order valence-electron chi connectivity index (χ1n) is 9.17. The van der Waals surface area contributed by atoms with Crippen LogP contribution in [0, 0.1) is 0 Å². The number of benzene rings is 1. The van der Waals surface area contributed by atoms with E-state index in [1.807, 2.05) is 12.1 Å². The van der Waals surface area contributed by atoms with E-state index in [1.165, 1.54) is 30.5 Å². The Morgan fingerprint density at radius 2 is 2.17 bits per heavy atom. The van der Waals surface area contributed by atoms with Crippen molar-refractivity contribution in [3.8, 4) is 0 Å². The van der Waals surface area contributed by atoms with Crippen LogP contribution in [-0.2, 0) is 11.2 Å². The zero-order chi connectivity index (χ0) is 16.4. The van der Waals surface area contributed by atoms with Crippen LogP contribution >= 0.6 is 11.3 Å². The van der Waals surface area contributed by atoms with E-state index in [1.54, 1.807) is 11.3 Å². The molecule has 0 saturated carbocycles. The van der Waals surface area contributed by atoms with E-state index in [4.69, 9.17) is 0 Å². The highest BCUT2D eigenvalue weighted by molar-refractivity contribution is 7.18. The van der Waals surface area contributed by atoms with Gasteiger partial charge in [-0.25, -0.2) is 4.98 Å². The number of aromatic nitrogens is 1. The van der Waals surface area contributed by atoms with Gasteiger partial charge in [0.05, 0.1) is 15.2 Å². The van der Waals surface area contributed by atoms with Crippen LogP contribution in [0.25, 0.3) is 10.2 Å². The number of carbonyl (C=O) groups excluding carboxylic acids is 1. The molecule has 2 aliphatic heterocycles. The van der Waals surface area contributed by atoms with E-state index < -0.39 is 0 Å². The summed E-state index contributed by atoms with van der Waals surface area (Å²) in [4.78, 5) is 19.5. The van der Waals surface area contributed by atoms with Crippen molar-refractivity contribution >= 4 is 27.5 Å². The second kappa shape index (κ2) is 7.19. The van der Waals surface area contributed by atoms with E-state index in [0.717, 1.165) is 36.3 Å². The minimum Gasteiger partial charge on any atom is -0.352 e. The quantitative estimate of drug-likeness (QED) is 0.905. The monoisotopic (exact) mass is 343 g/mol. The molecule has 2 atom stereocenters. The summed E-state index contributed by atoms with van der Waals surface area (Å²) in [6.07, 6.45) is 7.38. The fourth-order valence-electron chi connectivity index (χ4n) is 4.12. The van der Waals surface area contributed by atoms with Crippen LogP contribution in [0.2, 0.25) is 0 Å². The molecule has 5 heteroatoms. The van der Waals surface area contributed by atoms with Crippen LogP contribution in [0.4, 0.5) is 0 Å². The van der Waals surface area contributed by atoms with Crippen molar-refractivity contribution in [3.05, 3.63) is 29.3 Å². The molecule has 1 N–H and O–H groups in total. The van der Waals surface area contributed by atoms with E-state index in [2.05, 4.69) is 27.3 Å². The third-order valence-electron chi connectivity index (χ3n) is 5.34. The number of piperidine rings is 1. The summed E-state index contributed by atoms with van der Waals surface area (Å²) >= 11 is 1.75. The van der Waals surface area contributed by atoms with Gasteiger partial charge in [-0.3, -0.25) is 9.69 Å². The van der Waals surface area contributed by atoms with Gasteiger partial charge >= 0.3 is 0 Å². The zero-order valence-corrected chi connectivity index (χ0v) is 14.9. The molecular formula is C19H25N3OS. The van der Waals surface area contributed by atoms with Crippen LogP contribution in [0.1, 0.15) is 43.5 Å².